The minimum absolute atomic E-state index is 0.103. The molecule has 7 nitrogen and oxygen atoms in total. The Balaban J connectivity index is 1.84. The van der Waals surface area contributed by atoms with E-state index in [1.54, 1.807) is 24.3 Å². The summed E-state index contributed by atoms with van der Waals surface area (Å²) in [6.07, 6.45) is 1.38. The largest absolute Gasteiger partial charge is 0.285 e. The van der Waals surface area contributed by atoms with Crippen molar-refractivity contribution in [1.82, 2.24) is 10.4 Å². The molecule has 2 amide bonds. The average molecular weight is 434 g/mol. The van der Waals surface area contributed by atoms with Crippen LogP contribution in [0, 0.1) is 17.0 Å². The Morgan fingerprint density at radius 3 is 2.71 bits per heavy atom. The highest BCUT2D eigenvalue weighted by Gasteiger charge is 2.34. The number of rotatable bonds is 4. The molecule has 2 aromatic carbocycles. The van der Waals surface area contributed by atoms with E-state index in [1.807, 2.05) is 6.92 Å². The van der Waals surface area contributed by atoms with E-state index in [1.165, 1.54) is 24.3 Å². The van der Waals surface area contributed by atoms with Crippen LogP contribution in [-0.2, 0) is 4.79 Å². The highest BCUT2D eigenvalue weighted by Crippen LogP contribution is 2.33. The molecule has 1 saturated heterocycles. The lowest BCUT2D eigenvalue weighted by atomic mass is 10.1. The molecule has 0 bridgehead atoms. The van der Waals surface area contributed by atoms with Crippen molar-refractivity contribution in [3.63, 3.8) is 0 Å². The molecule has 0 saturated carbocycles. The monoisotopic (exact) mass is 433 g/mol. The van der Waals surface area contributed by atoms with E-state index in [2.05, 4.69) is 5.43 Å². The number of hydrogen-bond acceptors (Lipinski definition) is 6. The predicted molar refractivity (Wildman–Crippen MR) is 112 cm³/mol. The van der Waals surface area contributed by atoms with Crippen LogP contribution in [-0.4, -0.2) is 26.1 Å². The first-order chi connectivity index (χ1) is 13.3. The van der Waals surface area contributed by atoms with E-state index in [-0.39, 0.29) is 31.1 Å². The normalized spacial score (nSPS) is 15.2. The van der Waals surface area contributed by atoms with E-state index in [0.717, 1.165) is 22.3 Å². The number of nitrogens with zero attached hydrogens (tertiary/aromatic N) is 2. The Morgan fingerprint density at radius 2 is 2.04 bits per heavy atom. The van der Waals surface area contributed by atoms with Crippen LogP contribution in [0.15, 0.2) is 47.4 Å². The number of thiocarbonyl (C=S) groups is 1. The summed E-state index contributed by atoms with van der Waals surface area (Å²) in [7, 11) is 0. The number of nitrogens with one attached hydrogen (secondary N) is 1. The molecular weight excluding hydrogens is 422 g/mol. The number of amides is 2. The van der Waals surface area contributed by atoms with Crippen molar-refractivity contribution in [1.29, 1.82) is 0 Å². The summed E-state index contributed by atoms with van der Waals surface area (Å²) >= 11 is 12.2. The zero-order chi connectivity index (χ0) is 20.4. The van der Waals surface area contributed by atoms with Crippen LogP contribution in [0.2, 0.25) is 5.02 Å². The minimum atomic E-state index is -0.590. The van der Waals surface area contributed by atoms with Crippen LogP contribution in [0.3, 0.4) is 0 Å². The number of hydrogen-bond donors (Lipinski definition) is 1. The van der Waals surface area contributed by atoms with Crippen LogP contribution < -0.4 is 5.43 Å². The molecule has 142 valence electrons. The topological polar surface area (TPSA) is 92.6 Å². The molecule has 1 fully saturated rings. The molecule has 0 spiro atoms. The van der Waals surface area contributed by atoms with Gasteiger partial charge in [-0.05, 0) is 49.0 Å². The molecule has 1 aliphatic heterocycles. The molecule has 28 heavy (non-hydrogen) atoms. The fourth-order valence-electron chi connectivity index (χ4n) is 2.45. The van der Waals surface area contributed by atoms with Gasteiger partial charge >= 0.3 is 0 Å². The average Bonchev–Trinajstić information content (AvgIpc) is 2.89. The van der Waals surface area contributed by atoms with Crippen molar-refractivity contribution in [3.8, 4) is 0 Å². The van der Waals surface area contributed by atoms with Crippen LogP contribution >= 0.6 is 35.6 Å². The van der Waals surface area contributed by atoms with Crippen LogP contribution in [0.4, 0.5) is 5.69 Å². The van der Waals surface area contributed by atoms with Crippen molar-refractivity contribution in [2.75, 3.05) is 0 Å². The van der Waals surface area contributed by atoms with Gasteiger partial charge in [-0.25, -0.2) is 0 Å². The van der Waals surface area contributed by atoms with Crippen molar-refractivity contribution >= 4 is 63.5 Å². The molecule has 2 aromatic rings. The number of carbonyl (C=O) groups excluding carboxylic acids is 2. The maximum Gasteiger partial charge on any atom is 0.285 e. The molecule has 1 heterocycles. The molecule has 10 heteroatoms. The highest BCUT2D eigenvalue weighted by molar-refractivity contribution is 8.26. The number of benzene rings is 2. The van der Waals surface area contributed by atoms with E-state index in [4.69, 9.17) is 23.8 Å². The summed E-state index contributed by atoms with van der Waals surface area (Å²) in [4.78, 5) is 35.9. The summed E-state index contributed by atoms with van der Waals surface area (Å²) < 4.78 is 0.103. The lowest BCUT2D eigenvalue weighted by molar-refractivity contribution is -0.385. The Hall–Kier alpha value is -2.75. The smallest absolute Gasteiger partial charge is 0.267 e. The molecule has 1 N–H and O–H groups in total. The van der Waals surface area contributed by atoms with Gasteiger partial charge in [0.2, 0.25) is 0 Å². The van der Waals surface area contributed by atoms with E-state index in [9.17, 15) is 19.7 Å². The summed E-state index contributed by atoms with van der Waals surface area (Å²) in [5, 5.41) is 12.3. The summed E-state index contributed by atoms with van der Waals surface area (Å²) in [5.41, 5.74) is 3.65. The van der Waals surface area contributed by atoms with Crippen LogP contribution in [0.25, 0.3) is 6.08 Å². The third-order valence-electron chi connectivity index (χ3n) is 3.80. The Bertz CT molecular complexity index is 1050. The molecular formula is C18H12ClN3O4S2. The lowest BCUT2D eigenvalue weighted by Crippen LogP contribution is -2.44. The van der Waals surface area contributed by atoms with Gasteiger partial charge in [-0.2, -0.15) is 5.01 Å². The molecule has 0 atom stereocenters. The molecule has 0 aliphatic carbocycles. The second kappa shape index (κ2) is 8.09. The van der Waals surface area contributed by atoms with Crippen molar-refractivity contribution in [2.24, 2.45) is 0 Å². The van der Waals surface area contributed by atoms with Gasteiger partial charge in [0, 0.05) is 6.07 Å². The van der Waals surface area contributed by atoms with Crippen LogP contribution in [0.5, 0.6) is 0 Å². The minimum Gasteiger partial charge on any atom is -0.267 e. The van der Waals surface area contributed by atoms with Gasteiger partial charge in [0.25, 0.3) is 17.5 Å². The van der Waals surface area contributed by atoms with Gasteiger partial charge in [0.1, 0.15) is 0 Å². The summed E-state index contributed by atoms with van der Waals surface area (Å²) in [5.74, 6) is -1.17. The first-order valence-electron chi connectivity index (χ1n) is 7.86. The second-order valence-corrected chi connectivity index (χ2v) is 7.84. The number of para-hydroxylation sites is 1. The number of carbonyl (C=O) groups is 2. The van der Waals surface area contributed by atoms with Gasteiger partial charge in [0.15, 0.2) is 4.32 Å². The van der Waals surface area contributed by atoms with E-state index in [0.29, 0.717) is 0 Å². The number of halogens is 1. The van der Waals surface area contributed by atoms with Gasteiger partial charge in [-0.1, -0.05) is 41.6 Å². The van der Waals surface area contributed by atoms with Gasteiger partial charge in [0.05, 0.1) is 26.0 Å². The van der Waals surface area contributed by atoms with Crippen molar-refractivity contribution in [3.05, 3.63) is 79.2 Å². The molecule has 0 aromatic heterocycles. The second-order valence-electron chi connectivity index (χ2n) is 5.76. The lowest BCUT2D eigenvalue weighted by Gasteiger charge is -2.16. The first-order valence-corrected chi connectivity index (χ1v) is 9.46. The number of thioether (sulfide) groups is 1. The number of hydrazine groups is 1. The quantitative estimate of drug-likeness (QED) is 0.337. The Kier molecular flexibility index (Phi) is 5.78. The first kappa shape index (κ1) is 20.0. The van der Waals surface area contributed by atoms with Crippen molar-refractivity contribution < 1.29 is 14.5 Å². The number of aryl methyl sites for hydroxylation is 1. The van der Waals surface area contributed by atoms with E-state index < -0.39 is 16.7 Å². The molecule has 0 unspecified atom stereocenters. The molecule has 0 radical (unpaired) electrons. The fraction of sp³-hybridized carbons (Fsp3) is 0.0556. The Morgan fingerprint density at radius 1 is 1.32 bits per heavy atom. The predicted octanol–water partition coefficient (Wildman–Crippen LogP) is 4.10. The Labute approximate surface area is 174 Å². The fourth-order valence-corrected chi connectivity index (χ4v) is 3.94. The summed E-state index contributed by atoms with van der Waals surface area (Å²) in [6, 6.07) is 10.9. The third kappa shape index (κ3) is 4.06. The van der Waals surface area contributed by atoms with Gasteiger partial charge in [-0.15, -0.1) is 0 Å². The third-order valence-corrected chi connectivity index (χ3v) is 5.41. The number of nitro groups is 1. The zero-order valence-electron chi connectivity index (χ0n) is 14.3. The molecule has 3 rings (SSSR count). The maximum absolute atomic E-state index is 12.6. The zero-order valence-corrected chi connectivity index (χ0v) is 16.7. The van der Waals surface area contributed by atoms with Crippen LogP contribution in [0.1, 0.15) is 21.5 Å². The van der Waals surface area contributed by atoms with E-state index >= 15 is 0 Å². The standard InChI is InChI=1S/C18H12ClN3O4S2/c1-10-6-7-12(13(19)8-10)16(23)20-21-17(24)15(28-18(21)27)9-11-4-2-3-5-14(11)22(25)26/h2-9H,1H3,(H,20,23)/b15-9+. The van der Waals surface area contributed by atoms with Gasteiger partial charge in [-0.3, -0.25) is 25.1 Å². The maximum atomic E-state index is 12.6. The highest BCUT2D eigenvalue weighted by atomic mass is 35.5. The van der Waals surface area contributed by atoms with Crippen molar-refractivity contribution in [2.45, 2.75) is 6.92 Å². The SMILES string of the molecule is Cc1ccc(C(=O)NN2C(=O)/C(=C\c3ccccc3[N+](=O)[O-])SC2=S)c(Cl)c1. The number of nitro benzene ring substituents is 1. The summed E-state index contributed by atoms with van der Waals surface area (Å²) in [6.45, 7) is 1.84. The van der Waals surface area contributed by atoms with Gasteiger partial charge < -0.3 is 0 Å². The molecule has 1 aliphatic rings.